The molecule has 2 saturated heterocycles. The van der Waals surface area contributed by atoms with Crippen LogP contribution in [-0.2, 0) is 44.7 Å². The van der Waals surface area contributed by atoms with Gasteiger partial charge in [-0.2, -0.15) is 0 Å². The zero-order valence-corrected chi connectivity index (χ0v) is 22.3. The first kappa shape index (κ1) is 28.1. The molecule has 0 radical (unpaired) electrons. The maximum atomic E-state index is 12.4. The highest BCUT2D eigenvalue weighted by Crippen LogP contribution is 2.49. The van der Waals surface area contributed by atoms with Gasteiger partial charge in [-0.05, 0) is 17.9 Å². The van der Waals surface area contributed by atoms with E-state index in [-0.39, 0.29) is 31.0 Å². The third kappa shape index (κ3) is 5.60. The summed E-state index contributed by atoms with van der Waals surface area (Å²) in [6.45, 7) is -4.86. The number of nitrogens with zero attached hydrogens (tertiary/aromatic N) is 5. The van der Waals surface area contributed by atoms with Crippen LogP contribution in [0.3, 0.4) is 0 Å². The van der Waals surface area contributed by atoms with E-state index in [1.165, 1.54) is 36.9 Å². The third-order valence-electron chi connectivity index (χ3n) is 6.60. The molecule has 3 aliphatic rings. The van der Waals surface area contributed by atoms with Crippen LogP contribution in [0.1, 0.15) is 19.1 Å². The minimum absolute atomic E-state index is 0.176. The summed E-state index contributed by atoms with van der Waals surface area (Å²) in [7, 11) is 1.34. The van der Waals surface area contributed by atoms with Gasteiger partial charge in [0.25, 0.3) is 0 Å². The Labute approximate surface area is 226 Å². The molecule has 4 unspecified atom stereocenters. The van der Waals surface area contributed by atoms with Crippen LogP contribution in [0.25, 0.3) is 11.2 Å². The number of aromatic nitrogens is 4. The fraction of sp³-hybridized carbons (Fsp3) is 0.571. The van der Waals surface area contributed by atoms with Crippen molar-refractivity contribution in [1.82, 2.24) is 24.4 Å². The van der Waals surface area contributed by atoms with E-state index in [1.807, 2.05) is 0 Å². The van der Waals surface area contributed by atoms with E-state index in [9.17, 15) is 24.7 Å². The van der Waals surface area contributed by atoms with Crippen molar-refractivity contribution < 1.29 is 48.0 Å². The molecule has 2 aromatic rings. The molecule has 5 N–H and O–H groups in total. The number of anilines is 1. The number of fused-ring (bicyclic) bond motifs is 1. The molecule has 39 heavy (non-hydrogen) atoms. The summed E-state index contributed by atoms with van der Waals surface area (Å²) in [5.74, 6) is -0.669. The Bertz CT molecular complexity index is 1330. The highest BCUT2D eigenvalue weighted by atomic mass is 32.5. The van der Waals surface area contributed by atoms with Gasteiger partial charge in [0.05, 0.1) is 32.1 Å². The molecule has 5 rings (SSSR count). The molecule has 2 fully saturated rings. The van der Waals surface area contributed by atoms with E-state index in [0.717, 1.165) is 0 Å². The normalized spacial score (nSPS) is 32.8. The van der Waals surface area contributed by atoms with E-state index < -0.39 is 62.2 Å². The van der Waals surface area contributed by atoms with E-state index in [4.69, 9.17) is 40.8 Å². The number of allylic oxidation sites excluding steroid dienone is 1. The number of nitrogen functional groups attached to an aromatic ring is 1. The first-order chi connectivity index (χ1) is 18.6. The average Bonchev–Trinajstić information content (AvgIpc) is 3.58. The topological polar surface area (TPSA) is 214 Å². The zero-order valence-electron chi connectivity index (χ0n) is 20.5. The Balaban J connectivity index is 1.23. The van der Waals surface area contributed by atoms with Crippen molar-refractivity contribution in [2.24, 2.45) is 0 Å². The Morgan fingerprint density at radius 2 is 2.03 bits per heavy atom. The quantitative estimate of drug-likeness (QED) is 0.199. The monoisotopic (exact) mass is 586 g/mol. The molecule has 2 aromatic heterocycles. The smallest absolute Gasteiger partial charge is 0.325 e. The largest absolute Gasteiger partial charge is 0.394 e. The molecule has 16 nitrogen and oxygen atoms in total. The molecule has 212 valence electrons. The van der Waals surface area contributed by atoms with E-state index in [0.29, 0.717) is 11.2 Å². The molecule has 0 aliphatic carbocycles. The maximum Gasteiger partial charge on any atom is 0.325 e. The summed E-state index contributed by atoms with van der Waals surface area (Å²) in [6.07, 6.45) is -1.58. The number of hydrogen-bond acceptors (Lipinski definition) is 14. The molecular formula is C21H27N6O10PS. The summed E-state index contributed by atoms with van der Waals surface area (Å²) in [5, 5.41) is 20.4. The number of aliphatic hydroxyl groups excluding tert-OH is 2. The van der Waals surface area contributed by atoms with E-state index in [1.54, 1.807) is 4.57 Å². The van der Waals surface area contributed by atoms with Crippen LogP contribution in [0, 0.1) is 0 Å². The molecule has 0 saturated carbocycles. The Kier molecular flexibility index (Phi) is 8.08. The van der Waals surface area contributed by atoms with Crippen LogP contribution in [0.4, 0.5) is 5.82 Å². The number of carbonyl (C=O) groups excluding carboxylic acids is 2. The van der Waals surface area contributed by atoms with Crippen LogP contribution >= 0.6 is 6.72 Å². The lowest BCUT2D eigenvalue weighted by Crippen LogP contribution is -2.47. The second-order valence-corrected chi connectivity index (χ2v) is 11.8. The van der Waals surface area contributed by atoms with Crippen LogP contribution in [-0.4, -0.2) is 108 Å². The van der Waals surface area contributed by atoms with E-state index in [2.05, 4.69) is 15.0 Å². The number of aliphatic hydroxyl groups is 2. The Hall–Kier alpha value is -2.44. The van der Waals surface area contributed by atoms with Crippen LogP contribution in [0.15, 0.2) is 24.9 Å². The predicted molar refractivity (Wildman–Crippen MR) is 134 cm³/mol. The zero-order chi connectivity index (χ0) is 27.9. The van der Waals surface area contributed by atoms with Gasteiger partial charge in [-0.15, -0.1) is 0 Å². The second kappa shape index (κ2) is 11.2. The molecule has 8 atom stereocenters. The molecule has 3 aliphatic heterocycles. The van der Waals surface area contributed by atoms with E-state index >= 15 is 0 Å². The molecular weight excluding hydrogens is 559 g/mol. The molecule has 0 aromatic carbocycles. The van der Waals surface area contributed by atoms with Crippen molar-refractivity contribution in [1.29, 1.82) is 0 Å². The third-order valence-corrected chi connectivity index (χ3v) is 8.16. The number of amides is 1. The van der Waals surface area contributed by atoms with Crippen LogP contribution < -0.4 is 5.73 Å². The maximum absolute atomic E-state index is 12.4. The van der Waals surface area contributed by atoms with Gasteiger partial charge in [-0.25, -0.2) is 15.0 Å². The second-order valence-electron chi connectivity index (χ2n) is 9.06. The fourth-order valence-corrected chi connectivity index (χ4v) is 6.14. The molecule has 5 heterocycles. The Morgan fingerprint density at radius 3 is 2.74 bits per heavy atom. The highest BCUT2D eigenvalue weighted by molar-refractivity contribution is 8.07. The number of methoxy groups -OCH3 is 1. The van der Waals surface area contributed by atoms with Crippen molar-refractivity contribution in [3.63, 3.8) is 0 Å². The number of hydrogen-bond donors (Lipinski definition) is 4. The van der Waals surface area contributed by atoms with Crippen molar-refractivity contribution in [2.75, 3.05) is 26.1 Å². The first-order valence-electron chi connectivity index (χ1n) is 11.9. The number of rotatable bonds is 9. The number of imidazole rings is 1. The summed E-state index contributed by atoms with van der Waals surface area (Å²) >= 11 is 5.18. The summed E-state index contributed by atoms with van der Waals surface area (Å²) < 4.78 is 29.9. The molecule has 18 heteroatoms. The molecule has 0 bridgehead atoms. The summed E-state index contributed by atoms with van der Waals surface area (Å²) in [4.78, 5) is 48.2. The number of carbonyl (C=O) groups is 2. The van der Waals surface area contributed by atoms with Crippen molar-refractivity contribution in [2.45, 2.75) is 55.8 Å². The molecule has 1 amide bonds. The minimum atomic E-state index is -4.00. The van der Waals surface area contributed by atoms with Gasteiger partial charge in [0.1, 0.15) is 42.5 Å². The lowest BCUT2D eigenvalue weighted by Gasteiger charge is -2.31. The SMILES string of the molecule is CO[C@H]1C(OP(O)(=S)OC[C@H]2O[C@@H](n3cnc4c(N)ncnc43)CC2O)[C@@H](CO)OC1N1C=CC(=O)CC1=O. The number of ether oxygens (including phenoxy) is 3. The van der Waals surface area contributed by atoms with Crippen molar-refractivity contribution in [3.8, 4) is 0 Å². The summed E-state index contributed by atoms with van der Waals surface area (Å²) in [6, 6.07) is 0. The first-order valence-corrected chi connectivity index (χ1v) is 14.4. The average molecular weight is 587 g/mol. The standard InChI is InChI=1S/C21H27N6O10PS/c1-33-18-17(12(6-28)36-21(18)26-3-2-10(29)4-14(26)31)37-38(32,39)34-7-13-11(30)5-15(35-13)27-9-25-16-19(22)23-8-24-20(16)27/h2-3,8-9,11-13,15,17-18,21,28,30H,4-7H2,1H3,(H,32,39)(H2,22,23,24)/t11?,12-,13-,15-,17?,18+,21?,38?/m1/s1. The van der Waals surface area contributed by atoms with Gasteiger partial charge in [-0.1, -0.05) is 0 Å². The van der Waals surface area contributed by atoms with Gasteiger partial charge in [-0.3, -0.25) is 23.6 Å². The predicted octanol–water partition coefficient (Wildman–Crippen LogP) is -1.28. The van der Waals surface area contributed by atoms with Gasteiger partial charge in [0.2, 0.25) is 5.91 Å². The fourth-order valence-electron chi connectivity index (χ4n) is 4.70. The number of nitrogens with two attached hydrogens (primary N) is 1. The highest BCUT2D eigenvalue weighted by Gasteiger charge is 2.51. The lowest BCUT2D eigenvalue weighted by atomic mass is 10.1. The van der Waals surface area contributed by atoms with Gasteiger partial charge >= 0.3 is 6.72 Å². The van der Waals surface area contributed by atoms with Gasteiger partial charge in [0, 0.05) is 19.7 Å². The van der Waals surface area contributed by atoms with Gasteiger partial charge < -0.3 is 39.6 Å². The number of ketones is 1. The van der Waals surface area contributed by atoms with Crippen LogP contribution in [0.5, 0.6) is 0 Å². The molecule has 0 spiro atoms. The Morgan fingerprint density at radius 1 is 1.23 bits per heavy atom. The van der Waals surface area contributed by atoms with Crippen LogP contribution in [0.2, 0.25) is 0 Å². The minimum Gasteiger partial charge on any atom is -0.394 e. The van der Waals surface area contributed by atoms with Crippen molar-refractivity contribution >= 4 is 47.2 Å². The lowest BCUT2D eigenvalue weighted by molar-refractivity contribution is -0.149. The van der Waals surface area contributed by atoms with Crippen molar-refractivity contribution in [3.05, 3.63) is 24.9 Å². The summed E-state index contributed by atoms with van der Waals surface area (Å²) in [5.41, 5.74) is 6.66. The van der Waals surface area contributed by atoms with Gasteiger partial charge in [0.15, 0.2) is 23.5 Å².